The summed E-state index contributed by atoms with van der Waals surface area (Å²) in [6.45, 7) is -0.0151. The van der Waals surface area contributed by atoms with Crippen LogP contribution < -0.4 is 10.6 Å². The smallest absolute Gasteiger partial charge is 0.374 e. The molecule has 0 spiro atoms. The topological polar surface area (TPSA) is 79.2 Å². The van der Waals surface area contributed by atoms with Gasteiger partial charge in [0.05, 0.1) is 0 Å². The van der Waals surface area contributed by atoms with Crippen LogP contribution in [0.3, 0.4) is 0 Å². The predicted octanol–water partition coefficient (Wildman–Crippen LogP) is 2.10. The van der Waals surface area contributed by atoms with Crippen molar-refractivity contribution in [2.24, 2.45) is 7.05 Å². The third kappa shape index (κ3) is 4.75. The third-order valence-electron chi connectivity index (χ3n) is 3.97. The number of carbonyl (C=O) groups excluding carboxylic acids is 1. The van der Waals surface area contributed by atoms with Crippen molar-refractivity contribution in [3.05, 3.63) is 54.1 Å². The quantitative estimate of drug-likeness (QED) is 0.698. The molecule has 2 rings (SSSR count). The second-order valence-corrected chi connectivity index (χ2v) is 5.89. The third-order valence-corrected chi connectivity index (χ3v) is 3.97. The van der Waals surface area contributed by atoms with Crippen molar-refractivity contribution in [2.75, 3.05) is 13.1 Å². The summed E-state index contributed by atoms with van der Waals surface area (Å²) >= 11 is 0. The average Bonchev–Trinajstić information content (AvgIpc) is 3.01. The van der Waals surface area contributed by atoms with Gasteiger partial charge in [0.25, 0.3) is 0 Å². The van der Waals surface area contributed by atoms with E-state index in [0.717, 1.165) is 10.1 Å². The number of halogens is 3. The van der Waals surface area contributed by atoms with Crippen molar-refractivity contribution in [3.63, 3.8) is 0 Å². The molecule has 2 amide bonds. The van der Waals surface area contributed by atoms with Crippen LogP contribution in [0.25, 0.3) is 0 Å². The molecule has 0 unspecified atom stereocenters. The largest absolute Gasteiger partial charge is 0.424 e. The lowest BCUT2D eigenvalue weighted by Crippen LogP contribution is -2.47. The molecule has 3 N–H and O–H groups in total. The fourth-order valence-corrected chi connectivity index (χ4v) is 2.53. The molecule has 1 aromatic carbocycles. The molecular formula is C17H21F3N4O2. The Bertz CT molecular complexity index is 718. The zero-order chi connectivity index (χ0) is 19.2. The Kier molecular flexibility index (Phi) is 6.25. The number of benzene rings is 1. The lowest BCUT2D eigenvalue weighted by atomic mass is 9.97. The Morgan fingerprint density at radius 2 is 1.85 bits per heavy atom. The molecule has 0 aliphatic carbocycles. The number of nitrogens with one attached hydrogen (secondary N) is 2. The van der Waals surface area contributed by atoms with Gasteiger partial charge < -0.3 is 20.3 Å². The summed E-state index contributed by atoms with van der Waals surface area (Å²) in [6.07, 6.45) is -2.56. The Morgan fingerprint density at radius 3 is 2.42 bits per heavy atom. The summed E-state index contributed by atoms with van der Waals surface area (Å²) in [7, 11) is 1.36. The Morgan fingerprint density at radius 1 is 1.19 bits per heavy atom. The highest BCUT2D eigenvalue weighted by Gasteiger charge is 2.57. The first kappa shape index (κ1) is 19.8. The van der Waals surface area contributed by atoms with Gasteiger partial charge in [-0.3, -0.25) is 0 Å². The molecule has 1 heterocycles. The van der Waals surface area contributed by atoms with Gasteiger partial charge in [-0.2, -0.15) is 13.2 Å². The van der Waals surface area contributed by atoms with Crippen molar-refractivity contribution in [2.45, 2.75) is 24.6 Å². The SMILES string of the molecule is Cn1ccnc1[C@](O)(CCNC(=O)NCCc1ccccc1)C(F)(F)F. The molecule has 2 aromatic rings. The van der Waals surface area contributed by atoms with Crippen LogP contribution in [0, 0.1) is 0 Å². The van der Waals surface area contributed by atoms with Gasteiger partial charge in [0.2, 0.25) is 5.60 Å². The number of imidazole rings is 1. The minimum absolute atomic E-state index is 0.346. The first-order valence-corrected chi connectivity index (χ1v) is 8.06. The Hall–Kier alpha value is -2.55. The summed E-state index contributed by atoms with van der Waals surface area (Å²) in [5.74, 6) is -0.517. The van der Waals surface area contributed by atoms with E-state index in [0.29, 0.717) is 13.0 Å². The summed E-state index contributed by atoms with van der Waals surface area (Å²) in [6, 6.07) is 8.87. The highest BCUT2D eigenvalue weighted by molar-refractivity contribution is 5.73. The number of carbonyl (C=O) groups is 1. The number of hydrogen-bond donors (Lipinski definition) is 3. The number of hydrogen-bond acceptors (Lipinski definition) is 3. The van der Waals surface area contributed by atoms with Crippen molar-refractivity contribution in [3.8, 4) is 0 Å². The standard InChI is InChI=1S/C17H21F3N4O2/c1-24-12-11-21-14(24)16(26,17(18,19)20)8-10-23-15(25)22-9-7-13-5-3-2-4-6-13/h2-6,11-12,26H,7-10H2,1H3,(H2,22,23,25)/t16-/m1/s1. The first-order valence-electron chi connectivity index (χ1n) is 8.06. The van der Waals surface area contributed by atoms with Crippen LogP contribution >= 0.6 is 0 Å². The Balaban J connectivity index is 1.84. The predicted molar refractivity (Wildman–Crippen MR) is 89.3 cm³/mol. The molecule has 0 fully saturated rings. The maximum atomic E-state index is 13.3. The van der Waals surface area contributed by atoms with Crippen LogP contribution in [-0.4, -0.2) is 40.0 Å². The summed E-state index contributed by atoms with van der Waals surface area (Å²) < 4.78 is 41.1. The highest BCUT2D eigenvalue weighted by atomic mass is 19.4. The zero-order valence-electron chi connectivity index (χ0n) is 14.3. The maximum Gasteiger partial charge on any atom is 0.424 e. The van der Waals surface area contributed by atoms with Crippen molar-refractivity contribution in [1.82, 2.24) is 20.2 Å². The van der Waals surface area contributed by atoms with E-state index in [-0.39, 0.29) is 6.54 Å². The molecule has 6 nitrogen and oxygen atoms in total. The van der Waals surface area contributed by atoms with Gasteiger partial charge in [0.1, 0.15) is 5.82 Å². The van der Waals surface area contributed by atoms with Gasteiger partial charge in [-0.15, -0.1) is 0 Å². The van der Waals surface area contributed by atoms with E-state index in [9.17, 15) is 23.1 Å². The monoisotopic (exact) mass is 370 g/mol. The van der Waals surface area contributed by atoms with Gasteiger partial charge in [-0.1, -0.05) is 30.3 Å². The minimum Gasteiger partial charge on any atom is -0.374 e. The van der Waals surface area contributed by atoms with Gasteiger partial charge in [-0.25, -0.2) is 9.78 Å². The van der Waals surface area contributed by atoms with Crippen LogP contribution in [0.2, 0.25) is 0 Å². The molecular weight excluding hydrogens is 349 g/mol. The molecule has 0 bridgehead atoms. The number of rotatable bonds is 7. The van der Waals surface area contributed by atoms with E-state index in [4.69, 9.17) is 0 Å². The summed E-state index contributed by atoms with van der Waals surface area (Å²) in [5.41, 5.74) is -2.10. The van der Waals surface area contributed by atoms with Gasteiger partial charge in [0, 0.05) is 39.0 Å². The molecule has 26 heavy (non-hydrogen) atoms. The molecule has 0 saturated carbocycles. The van der Waals surface area contributed by atoms with Crippen molar-refractivity contribution in [1.29, 1.82) is 0 Å². The zero-order valence-corrected chi connectivity index (χ0v) is 14.3. The highest BCUT2D eigenvalue weighted by Crippen LogP contribution is 2.40. The fourth-order valence-electron chi connectivity index (χ4n) is 2.53. The lowest BCUT2D eigenvalue weighted by molar-refractivity contribution is -0.272. The second kappa shape index (κ2) is 8.22. The average molecular weight is 370 g/mol. The van der Waals surface area contributed by atoms with E-state index in [1.54, 1.807) is 0 Å². The van der Waals surface area contributed by atoms with E-state index in [1.165, 1.54) is 19.4 Å². The van der Waals surface area contributed by atoms with Crippen molar-refractivity contribution >= 4 is 6.03 Å². The van der Waals surface area contributed by atoms with Gasteiger partial charge in [-0.05, 0) is 12.0 Å². The minimum atomic E-state index is -4.92. The number of urea groups is 1. The van der Waals surface area contributed by atoms with E-state index < -0.39 is 30.1 Å². The normalized spacial score (nSPS) is 13.9. The number of aromatic nitrogens is 2. The molecule has 0 aliphatic heterocycles. The molecule has 1 aromatic heterocycles. The summed E-state index contributed by atoms with van der Waals surface area (Å²) in [4.78, 5) is 15.3. The van der Waals surface area contributed by atoms with E-state index >= 15 is 0 Å². The van der Waals surface area contributed by atoms with Crippen LogP contribution in [0.5, 0.6) is 0 Å². The molecule has 1 atom stereocenters. The molecule has 0 aliphatic rings. The molecule has 9 heteroatoms. The summed E-state index contributed by atoms with van der Waals surface area (Å²) in [5, 5.41) is 15.0. The van der Waals surface area contributed by atoms with E-state index in [2.05, 4.69) is 15.6 Å². The maximum absolute atomic E-state index is 13.3. The van der Waals surface area contributed by atoms with Crippen LogP contribution in [0.1, 0.15) is 17.8 Å². The molecule has 142 valence electrons. The van der Waals surface area contributed by atoms with Crippen LogP contribution in [0.4, 0.5) is 18.0 Å². The van der Waals surface area contributed by atoms with Crippen LogP contribution in [-0.2, 0) is 19.1 Å². The second-order valence-electron chi connectivity index (χ2n) is 5.89. The number of alkyl halides is 3. The number of aliphatic hydroxyl groups is 1. The fraction of sp³-hybridized carbons (Fsp3) is 0.412. The number of nitrogens with zero attached hydrogens (tertiary/aromatic N) is 2. The van der Waals surface area contributed by atoms with Crippen molar-refractivity contribution < 1.29 is 23.1 Å². The molecule has 0 radical (unpaired) electrons. The number of aryl methyl sites for hydroxylation is 1. The van der Waals surface area contributed by atoms with E-state index in [1.807, 2.05) is 30.3 Å². The van der Waals surface area contributed by atoms with Gasteiger partial charge >= 0.3 is 12.2 Å². The van der Waals surface area contributed by atoms with Crippen LogP contribution in [0.15, 0.2) is 42.7 Å². The van der Waals surface area contributed by atoms with Gasteiger partial charge in [0.15, 0.2) is 0 Å². The molecule has 0 saturated heterocycles. The lowest BCUT2D eigenvalue weighted by Gasteiger charge is -2.29. The first-order chi connectivity index (χ1) is 12.2. The Labute approximate surface area is 149 Å². The number of amides is 2.